The van der Waals surface area contributed by atoms with Crippen molar-refractivity contribution in [3.8, 4) is 5.75 Å². The summed E-state index contributed by atoms with van der Waals surface area (Å²) in [7, 11) is 0. The fraction of sp³-hybridized carbons (Fsp3) is 0.634. The number of unbranched alkanes of at least 4 members (excludes halogenated alkanes) is 7. The molecular weight excluding hydrogens is 614 g/mol. The van der Waals surface area contributed by atoms with Gasteiger partial charge in [-0.2, -0.15) is 0 Å². The number of hydrogen-bond donors (Lipinski definition) is 0. The highest BCUT2D eigenvalue weighted by Crippen LogP contribution is 2.30. The zero-order valence-corrected chi connectivity index (χ0v) is 31.4. The predicted molar refractivity (Wildman–Crippen MR) is 201 cm³/mol. The summed E-state index contributed by atoms with van der Waals surface area (Å²) < 4.78 is 12.0. The van der Waals surface area contributed by atoms with Crippen molar-refractivity contribution in [3.05, 3.63) is 53.1 Å². The Hall–Kier alpha value is -3.39. The Labute approximate surface area is 296 Å². The fourth-order valence-electron chi connectivity index (χ4n) is 6.58. The van der Waals surface area contributed by atoms with E-state index in [9.17, 15) is 14.4 Å². The highest BCUT2D eigenvalue weighted by molar-refractivity contribution is 6.01. The first-order valence-electron chi connectivity index (χ1n) is 19.0. The lowest BCUT2D eigenvalue weighted by Gasteiger charge is -2.37. The minimum atomic E-state index is -1.29. The average Bonchev–Trinajstić information content (AvgIpc) is 3.09. The number of benzene rings is 2. The van der Waals surface area contributed by atoms with Gasteiger partial charge in [-0.25, -0.2) is 0 Å². The van der Waals surface area contributed by atoms with E-state index < -0.39 is 12.2 Å². The molecule has 8 heteroatoms. The second-order valence-corrected chi connectivity index (χ2v) is 13.6. The van der Waals surface area contributed by atoms with Crippen molar-refractivity contribution in [2.24, 2.45) is 0 Å². The van der Waals surface area contributed by atoms with Gasteiger partial charge >= 0.3 is 5.97 Å². The Morgan fingerprint density at radius 3 is 2.20 bits per heavy atom. The molecule has 2 aromatic carbocycles. The summed E-state index contributed by atoms with van der Waals surface area (Å²) in [5.41, 5.74) is 5.52. The maximum Gasteiger partial charge on any atom is 0.308 e. The Morgan fingerprint density at radius 2 is 1.53 bits per heavy atom. The third kappa shape index (κ3) is 12.8. The number of piperazine rings is 1. The van der Waals surface area contributed by atoms with Crippen LogP contribution < -0.4 is 14.5 Å². The molecule has 0 bridgehead atoms. The molecule has 0 radical (unpaired) electrons. The summed E-state index contributed by atoms with van der Waals surface area (Å²) in [6, 6.07) is 12.2. The van der Waals surface area contributed by atoms with Gasteiger partial charge in [0.2, 0.25) is 12.1 Å². The van der Waals surface area contributed by atoms with E-state index in [1.807, 2.05) is 32.0 Å². The fourth-order valence-corrected chi connectivity index (χ4v) is 6.58. The molecule has 0 saturated carbocycles. The third-order valence-corrected chi connectivity index (χ3v) is 9.70. The van der Waals surface area contributed by atoms with E-state index in [0.29, 0.717) is 37.3 Å². The van der Waals surface area contributed by atoms with Crippen molar-refractivity contribution in [3.63, 3.8) is 0 Å². The van der Waals surface area contributed by atoms with Gasteiger partial charge in [0, 0.05) is 57.7 Å². The Morgan fingerprint density at radius 1 is 0.816 bits per heavy atom. The Bertz CT molecular complexity index is 1320. The number of amides is 1. The van der Waals surface area contributed by atoms with Gasteiger partial charge in [-0.15, -0.1) is 0 Å². The number of esters is 1. The number of ketones is 1. The lowest BCUT2D eigenvalue weighted by molar-refractivity contribution is -0.156. The summed E-state index contributed by atoms with van der Waals surface area (Å²) in [6.07, 6.45) is 9.95. The first-order valence-corrected chi connectivity index (χ1v) is 19.0. The highest BCUT2D eigenvalue weighted by Gasteiger charge is 2.33. The van der Waals surface area contributed by atoms with Gasteiger partial charge in [-0.3, -0.25) is 24.2 Å². The normalized spacial score (nSPS) is 14.0. The summed E-state index contributed by atoms with van der Waals surface area (Å²) in [6.45, 7) is 17.7. The van der Waals surface area contributed by atoms with Crippen LogP contribution >= 0.6 is 0 Å². The number of ether oxygens (including phenoxy) is 2. The van der Waals surface area contributed by atoms with E-state index in [0.717, 1.165) is 64.0 Å². The largest absolute Gasteiger partial charge is 0.494 e. The second kappa shape index (κ2) is 21.6. The standard InChI is InChI=1S/C41H63N3O5/c1-7-10-11-12-13-14-15-22-40(47)49-41(39(46)19-8-2)44(34(6)45)38-31-36(24-23-35(38)9-3)48-30-17-16-25-42-26-28-43(29-27-42)37-21-18-20-32(4)33(37)5/h18,20-21,23-24,31,41H,7-17,19,22,25-30H2,1-6H3. The zero-order chi connectivity index (χ0) is 35.6. The molecule has 49 heavy (non-hydrogen) atoms. The zero-order valence-electron chi connectivity index (χ0n) is 31.4. The molecule has 0 N–H and O–H groups in total. The summed E-state index contributed by atoms with van der Waals surface area (Å²) in [4.78, 5) is 45.9. The van der Waals surface area contributed by atoms with Gasteiger partial charge in [0.05, 0.1) is 12.3 Å². The molecule has 0 spiro atoms. The molecule has 0 aliphatic carbocycles. The Balaban J connectivity index is 1.56. The van der Waals surface area contributed by atoms with Crippen LogP contribution in [0.5, 0.6) is 5.75 Å². The molecular formula is C41H63N3O5. The van der Waals surface area contributed by atoms with Gasteiger partial charge in [0.15, 0.2) is 5.78 Å². The quantitative estimate of drug-likeness (QED) is 0.0702. The molecule has 1 saturated heterocycles. The molecule has 1 atom stereocenters. The average molecular weight is 678 g/mol. The number of Topliss-reactive ketones (excluding diaryl/α,β-unsaturated/α-hetero) is 1. The molecule has 2 aromatic rings. The molecule has 1 aliphatic heterocycles. The van der Waals surface area contributed by atoms with Gasteiger partial charge in [-0.1, -0.05) is 77.5 Å². The topological polar surface area (TPSA) is 79.4 Å². The smallest absolute Gasteiger partial charge is 0.308 e. The van der Waals surface area contributed by atoms with E-state index in [1.54, 1.807) is 0 Å². The molecule has 1 heterocycles. The van der Waals surface area contributed by atoms with Crippen LogP contribution in [0.3, 0.4) is 0 Å². The maximum absolute atomic E-state index is 13.3. The van der Waals surface area contributed by atoms with Gasteiger partial charge in [0.1, 0.15) is 5.75 Å². The highest BCUT2D eigenvalue weighted by atomic mass is 16.6. The summed E-state index contributed by atoms with van der Waals surface area (Å²) >= 11 is 0. The minimum Gasteiger partial charge on any atom is -0.494 e. The van der Waals surface area contributed by atoms with Gasteiger partial charge in [-0.05, 0) is 81.3 Å². The van der Waals surface area contributed by atoms with Crippen LogP contribution in [0, 0.1) is 13.8 Å². The van der Waals surface area contributed by atoms with Gasteiger partial charge < -0.3 is 14.4 Å². The van der Waals surface area contributed by atoms with Crippen molar-refractivity contribution in [2.75, 3.05) is 49.1 Å². The number of carbonyl (C=O) groups is 3. The number of rotatable bonds is 22. The molecule has 1 amide bonds. The van der Waals surface area contributed by atoms with E-state index in [4.69, 9.17) is 9.47 Å². The SMILES string of the molecule is CCCCCCCCCC(=O)OC(C(=O)CCC)N(C(C)=O)c1cc(OCCCCN2CCN(c3cccc(C)c3C)CC2)ccc1CC. The van der Waals surface area contributed by atoms with Crippen LogP contribution in [0.1, 0.15) is 121 Å². The number of nitrogens with zero attached hydrogens (tertiary/aromatic N) is 3. The lowest BCUT2D eigenvalue weighted by atomic mass is 10.1. The van der Waals surface area contributed by atoms with Crippen LogP contribution in [0.4, 0.5) is 11.4 Å². The van der Waals surface area contributed by atoms with Crippen LogP contribution in [-0.4, -0.2) is 68.1 Å². The molecule has 8 nitrogen and oxygen atoms in total. The maximum atomic E-state index is 13.3. The van der Waals surface area contributed by atoms with E-state index >= 15 is 0 Å². The summed E-state index contributed by atoms with van der Waals surface area (Å²) in [5.74, 6) is -0.417. The van der Waals surface area contributed by atoms with E-state index in [2.05, 4.69) is 48.8 Å². The molecule has 0 aromatic heterocycles. The van der Waals surface area contributed by atoms with Crippen LogP contribution in [0.2, 0.25) is 0 Å². The predicted octanol–water partition coefficient (Wildman–Crippen LogP) is 8.58. The number of hydrogen-bond acceptors (Lipinski definition) is 7. The Kier molecular flexibility index (Phi) is 17.7. The monoisotopic (exact) mass is 677 g/mol. The van der Waals surface area contributed by atoms with Crippen molar-refractivity contribution >= 4 is 29.0 Å². The van der Waals surface area contributed by atoms with Crippen molar-refractivity contribution < 1.29 is 23.9 Å². The third-order valence-electron chi connectivity index (χ3n) is 9.70. The molecule has 1 fully saturated rings. The second-order valence-electron chi connectivity index (χ2n) is 13.6. The van der Waals surface area contributed by atoms with Crippen molar-refractivity contribution in [1.29, 1.82) is 0 Å². The number of aryl methyl sites for hydroxylation is 2. The lowest BCUT2D eigenvalue weighted by Crippen LogP contribution is -2.47. The minimum absolute atomic E-state index is 0.220. The van der Waals surface area contributed by atoms with E-state index in [1.165, 1.54) is 54.3 Å². The number of carbonyl (C=O) groups excluding carboxylic acids is 3. The van der Waals surface area contributed by atoms with Crippen molar-refractivity contribution in [2.45, 2.75) is 131 Å². The molecule has 1 unspecified atom stereocenters. The molecule has 3 rings (SSSR count). The molecule has 272 valence electrons. The van der Waals surface area contributed by atoms with Crippen LogP contribution in [0.25, 0.3) is 0 Å². The number of anilines is 2. The first-order chi connectivity index (χ1) is 23.7. The van der Waals surface area contributed by atoms with Crippen molar-refractivity contribution in [1.82, 2.24) is 4.90 Å². The summed E-state index contributed by atoms with van der Waals surface area (Å²) in [5, 5.41) is 0. The van der Waals surface area contributed by atoms with Crippen LogP contribution in [-0.2, 0) is 25.5 Å². The van der Waals surface area contributed by atoms with Gasteiger partial charge in [0.25, 0.3) is 0 Å². The first kappa shape index (κ1) is 40.0. The van der Waals surface area contributed by atoms with E-state index in [-0.39, 0.29) is 24.5 Å². The van der Waals surface area contributed by atoms with Crippen LogP contribution in [0.15, 0.2) is 36.4 Å². The molecule has 1 aliphatic rings.